The molecule has 0 atom stereocenters. The van der Waals surface area contributed by atoms with Crippen molar-refractivity contribution in [2.75, 3.05) is 20.1 Å². The third-order valence-electron chi connectivity index (χ3n) is 3.59. The molecular formula is C13H17Cl2N3O. The Balaban J connectivity index is 2.23. The summed E-state index contributed by atoms with van der Waals surface area (Å²) in [6.07, 6.45) is 0. The van der Waals surface area contributed by atoms with Crippen LogP contribution in [0.15, 0.2) is 12.1 Å². The number of aromatic nitrogens is 1. The van der Waals surface area contributed by atoms with Crippen LogP contribution in [-0.4, -0.2) is 46.4 Å². The number of hydrogen-bond donors (Lipinski definition) is 0. The van der Waals surface area contributed by atoms with Gasteiger partial charge in [-0.3, -0.25) is 9.69 Å². The van der Waals surface area contributed by atoms with Gasteiger partial charge in [0.25, 0.3) is 0 Å². The van der Waals surface area contributed by atoms with Crippen LogP contribution in [0.5, 0.6) is 0 Å². The lowest BCUT2D eigenvalue weighted by molar-refractivity contribution is -0.147. The van der Waals surface area contributed by atoms with Crippen molar-refractivity contribution in [3.8, 4) is 0 Å². The first-order valence-electron chi connectivity index (χ1n) is 6.14. The van der Waals surface area contributed by atoms with Crippen LogP contribution in [0.3, 0.4) is 0 Å². The number of piperazine rings is 1. The van der Waals surface area contributed by atoms with E-state index in [-0.39, 0.29) is 5.91 Å². The highest BCUT2D eigenvalue weighted by Gasteiger charge is 2.40. The Kier molecular flexibility index (Phi) is 4.04. The molecule has 1 fully saturated rings. The van der Waals surface area contributed by atoms with E-state index in [1.807, 2.05) is 20.9 Å². The maximum Gasteiger partial charge on any atom is 0.242 e. The smallest absolute Gasteiger partial charge is 0.242 e. The number of likely N-dealkylation sites (N-methyl/N-ethyl adjacent to an activating group) is 1. The van der Waals surface area contributed by atoms with Crippen molar-refractivity contribution in [1.29, 1.82) is 0 Å². The summed E-state index contributed by atoms with van der Waals surface area (Å²) in [7, 11) is 1.83. The van der Waals surface area contributed by atoms with Crippen molar-refractivity contribution in [3.05, 3.63) is 28.0 Å². The molecule has 2 rings (SSSR count). The zero-order valence-corrected chi connectivity index (χ0v) is 12.8. The molecule has 0 aliphatic carbocycles. The van der Waals surface area contributed by atoms with Gasteiger partial charge in [0.05, 0.1) is 16.3 Å². The predicted octanol–water partition coefficient (Wildman–Crippen LogP) is 2.44. The monoisotopic (exact) mass is 301 g/mol. The molecule has 0 bridgehead atoms. The SMILES string of the molecule is CN1CCN(Cc2nc(Cl)ccc2Cl)C(C)(C)C1=O. The average Bonchev–Trinajstić information content (AvgIpc) is 2.35. The first kappa shape index (κ1) is 14.6. The Labute approximate surface area is 123 Å². The van der Waals surface area contributed by atoms with Gasteiger partial charge in [0, 0.05) is 26.7 Å². The van der Waals surface area contributed by atoms with Gasteiger partial charge in [0.1, 0.15) is 5.15 Å². The van der Waals surface area contributed by atoms with Crippen LogP contribution >= 0.6 is 23.2 Å². The van der Waals surface area contributed by atoms with Gasteiger partial charge in [0.15, 0.2) is 0 Å². The second-order valence-corrected chi connectivity index (χ2v) is 6.06. The molecule has 1 amide bonds. The van der Waals surface area contributed by atoms with E-state index in [0.29, 0.717) is 29.0 Å². The molecule has 6 heteroatoms. The molecule has 0 unspecified atom stereocenters. The molecule has 104 valence electrons. The molecule has 0 N–H and O–H groups in total. The third kappa shape index (κ3) is 2.86. The number of amides is 1. The fraction of sp³-hybridized carbons (Fsp3) is 0.538. The molecule has 0 spiro atoms. The molecular weight excluding hydrogens is 285 g/mol. The first-order chi connectivity index (χ1) is 8.82. The lowest BCUT2D eigenvalue weighted by Gasteiger charge is -2.44. The van der Waals surface area contributed by atoms with E-state index in [2.05, 4.69) is 9.88 Å². The number of rotatable bonds is 2. The number of carbonyl (C=O) groups is 1. The zero-order chi connectivity index (χ0) is 14.2. The van der Waals surface area contributed by atoms with Gasteiger partial charge >= 0.3 is 0 Å². The van der Waals surface area contributed by atoms with E-state index in [4.69, 9.17) is 23.2 Å². The summed E-state index contributed by atoms with van der Waals surface area (Å²) < 4.78 is 0. The van der Waals surface area contributed by atoms with Gasteiger partial charge in [-0.15, -0.1) is 0 Å². The molecule has 0 radical (unpaired) electrons. The second-order valence-electron chi connectivity index (χ2n) is 5.27. The van der Waals surface area contributed by atoms with Crippen LogP contribution in [0, 0.1) is 0 Å². The Morgan fingerprint density at radius 2 is 2.00 bits per heavy atom. The van der Waals surface area contributed by atoms with Gasteiger partial charge in [-0.05, 0) is 26.0 Å². The summed E-state index contributed by atoms with van der Waals surface area (Å²) in [4.78, 5) is 20.3. The van der Waals surface area contributed by atoms with Crippen molar-refractivity contribution in [2.24, 2.45) is 0 Å². The van der Waals surface area contributed by atoms with Crippen molar-refractivity contribution in [2.45, 2.75) is 25.9 Å². The highest BCUT2D eigenvalue weighted by Crippen LogP contribution is 2.26. The molecule has 1 aromatic heterocycles. The Hall–Kier alpha value is -0.840. The van der Waals surface area contributed by atoms with E-state index in [1.165, 1.54) is 0 Å². The Morgan fingerprint density at radius 1 is 1.32 bits per heavy atom. The van der Waals surface area contributed by atoms with Crippen molar-refractivity contribution < 1.29 is 4.79 Å². The molecule has 1 aliphatic heterocycles. The van der Waals surface area contributed by atoms with Crippen LogP contribution in [0.4, 0.5) is 0 Å². The van der Waals surface area contributed by atoms with Crippen LogP contribution in [0.25, 0.3) is 0 Å². The molecule has 4 nitrogen and oxygen atoms in total. The zero-order valence-electron chi connectivity index (χ0n) is 11.3. The van der Waals surface area contributed by atoms with Crippen molar-refractivity contribution in [3.63, 3.8) is 0 Å². The summed E-state index contributed by atoms with van der Waals surface area (Å²) in [5, 5.41) is 0.990. The van der Waals surface area contributed by atoms with Crippen molar-refractivity contribution >= 4 is 29.1 Å². The summed E-state index contributed by atoms with van der Waals surface area (Å²) in [6, 6.07) is 3.39. The minimum absolute atomic E-state index is 0.108. The van der Waals surface area contributed by atoms with Gasteiger partial charge < -0.3 is 4.90 Å². The van der Waals surface area contributed by atoms with E-state index < -0.39 is 5.54 Å². The third-order valence-corrected chi connectivity index (χ3v) is 4.15. The van der Waals surface area contributed by atoms with Gasteiger partial charge in [0.2, 0.25) is 5.91 Å². The summed E-state index contributed by atoms with van der Waals surface area (Å²) in [5.41, 5.74) is 0.153. The maximum atomic E-state index is 12.2. The molecule has 1 aromatic rings. The summed E-state index contributed by atoms with van der Waals surface area (Å²) in [6.45, 7) is 5.86. The standard InChI is InChI=1S/C13H17Cl2N3O/c1-13(2)12(19)17(3)6-7-18(13)8-10-9(14)4-5-11(15)16-10/h4-5H,6-8H2,1-3H3. The van der Waals surface area contributed by atoms with Crippen LogP contribution < -0.4 is 0 Å². The highest BCUT2D eigenvalue weighted by atomic mass is 35.5. The molecule has 0 saturated carbocycles. The second kappa shape index (κ2) is 5.27. The van der Waals surface area contributed by atoms with Gasteiger partial charge in [-0.1, -0.05) is 23.2 Å². The number of nitrogens with zero attached hydrogens (tertiary/aromatic N) is 3. The molecule has 2 heterocycles. The summed E-state index contributed by atoms with van der Waals surface area (Å²) >= 11 is 12.0. The Bertz CT molecular complexity index is 505. The normalized spacial score (nSPS) is 19.8. The van der Waals surface area contributed by atoms with Crippen LogP contribution in [-0.2, 0) is 11.3 Å². The van der Waals surface area contributed by atoms with E-state index in [1.54, 1.807) is 17.0 Å². The molecule has 1 aliphatic rings. The highest BCUT2D eigenvalue weighted by molar-refractivity contribution is 6.32. The Morgan fingerprint density at radius 3 is 2.68 bits per heavy atom. The van der Waals surface area contributed by atoms with E-state index in [9.17, 15) is 4.79 Å². The topological polar surface area (TPSA) is 36.4 Å². The lowest BCUT2D eigenvalue weighted by atomic mass is 9.97. The van der Waals surface area contributed by atoms with Crippen LogP contribution in [0.1, 0.15) is 19.5 Å². The minimum atomic E-state index is -0.555. The van der Waals surface area contributed by atoms with Gasteiger partial charge in [-0.25, -0.2) is 4.98 Å². The quantitative estimate of drug-likeness (QED) is 0.787. The molecule has 19 heavy (non-hydrogen) atoms. The average molecular weight is 302 g/mol. The molecule has 0 aromatic carbocycles. The fourth-order valence-electron chi connectivity index (χ4n) is 2.28. The minimum Gasteiger partial charge on any atom is -0.343 e. The van der Waals surface area contributed by atoms with E-state index >= 15 is 0 Å². The largest absolute Gasteiger partial charge is 0.343 e. The molecule has 1 saturated heterocycles. The maximum absolute atomic E-state index is 12.2. The number of hydrogen-bond acceptors (Lipinski definition) is 3. The number of carbonyl (C=O) groups excluding carboxylic acids is 1. The number of halogens is 2. The van der Waals surface area contributed by atoms with E-state index in [0.717, 1.165) is 6.54 Å². The van der Waals surface area contributed by atoms with Crippen LogP contribution in [0.2, 0.25) is 10.2 Å². The first-order valence-corrected chi connectivity index (χ1v) is 6.89. The van der Waals surface area contributed by atoms with Gasteiger partial charge in [-0.2, -0.15) is 0 Å². The fourth-order valence-corrected chi connectivity index (χ4v) is 2.61. The van der Waals surface area contributed by atoms with Crippen molar-refractivity contribution in [1.82, 2.24) is 14.8 Å². The lowest BCUT2D eigenvalue weighted by Crippen LogP contribution is -2.61. The number of pyridine rings is 1. The predicted molar refractivity (Wildman–Crippen MR) is 76.4 cm³/mol. The summed E-state index contributed by atoms with van der Waals surface area (Å²) in [5.74, 6) is 0.108.